The number of nitrogens with one attached hydrogen (secondary N) is 2. The predicted octanol–water partition coefficient (Wildman–Crippen LogP) is 3.30. The minimum Gasteiger partial charge on any atom is -0.326 e. The molecule has 2 aromatic heterocycles. The lowest BCUT2D eigenvalue weighted by Crippen LogP contribution is -2.17. The predicted molar refractivity (Wildman–Crippen MR) is 106 cm³/mol. The molecule has 0 aliphatic heterocycles. The Hall–Kier alpha value is -4.07. The number of fused-ring (bicyclic) bond motifs is 1. The highest BCUT2D eigenvalue weighted by molar-refractivity contribution is 6.04. The van der Waals surface area contributed by atoms with Gasteiger partial charge < -0.3 is 10.6 Å². The van der Waals surface area contributed by atoms with Gasteiger partial charge in [0, 0.05) is 17.6 Å². The smallest absolute Gasteiger partial charge is 0.257 e. The summed E-state index contributed by atoms with van der Waals surface area (Å²) < 4.78 is 14.9. The maximum atomic E-state index is 13.3. The van der Waals surface area contributed by atoms with Gasteiger partial charge in [-0.3, -0.25) is 14.0 Å². The van der Waals surface area contributed by atoms with Crippen LogP contribution in [0.4, 0.5) is 15.8 Å². The topological polar surface area (TPSA) is 88.4 Å². The van der Waals surface area contributed by atoms with Crippen LogP contribution in [-0.2, 0) is 11.2 Å². The van der Waals surface area contributed by atoms with Crippen LogP contribution in [0.2, 0.25) is 0 Å². The molecular formula is C21H16FN5O2. The largest absolute Gasteiger partial charge is 0.326 e. The number of hydrogen-bond donors (Lipinski definition) is 2. The molecule has 2 aromatic carbocycles. The Morgan fingerprint density at radius 3 is 2.48 bits per heavy atom. The van der Waals surface area contributed by atoms with Gasteiger partial charge in [-0.2, -0.15) is 0 Å². The van der Waals surface area contributed by atoms with Gasteiger partial charge in [-0.1, -0.05) is 24.3 Å². The summed E-state index contributed by atoms with van der Waals surface area (Å²) >= 11 is 0. The van der Waals surface area contributed by atoms with E-state index in [1.165, 1.54) is 18.2 Å². The lowest BCUT2D eigenvalue weighted by Gasteiger charge is -2.07. The number of carbonyl (C=O) groups is 2. The number of amides is 2. The first kappa shape index (κ1) is 18.3. The van der Waals surface area contributed by atoms with Crippen LogP contribution >= 0.6 is 0 Å². The van der Waals surface area contributed by atoms with E-state index in [0.717, 1.165) is 0 Å². The highest BCUT2D eigenvalue weighted by Crippen LogP contribution is 2.13. The fraction of sp³-hybridized carbons (Fsp3) is 0.0476. The van der Waals surface area contributed by atoms with Crippen LogP contribution in [0.5, 0.6) is 0 Å². The van der Waals surface area contributed by atoms with Gasteiger partial charge in [0.25, 0.3) is 5.91 Å². The van der Waals surface area contributed by atoms with E-state index in [-0.39, 0.29) is 18.2 Å². The van der Waals surface area contributed by atoms with Crippen molar-refractivity contribution < 1.29 is 14.0 Å². The maximum Gasteiger partial charge on any atom is 0.257 e. The van der Waals surface area contributed by atoms with Gasteiger partial charge in [0.15, 0.2) is 5.65 Å². The zero-order valence-electron chi connectivity index (χ0n) is 15.2. The molecule has 0 saturated heterocycles. The summed E-state index contributed by atoms with van der Waals surface area (Å²) in [6.45, 7) is 0. The van der Waals surface area contributed by atoms with Crippen LogP contribution in [0.25, 0.3) is 5.65 Å². The number of aromatic nitrogens is 3. The molecular weight excluding hydrogens is 373 g/mol. The van der Waals surface area contributed by atoms with Crippen molar-refractivity contribution in [2.24, 2.45) is 0 Å². The van der Waals surface area contributed by atoms with Crippen LogP contribution in [-0.4, -0.2) is 26.4 Å². The SMILES string of the molecule is O=C(Cc1nnc2ccc(C(=O)Nc3ccccc3)cn12)Nc1cccc(F)c1. The van der Waals surface area contributed by atoms with E-state index < -0.39 is 5.82 Å². The molecule has 7 nitrogen and oxygen atoms in total. The summed E-state index contributed by atoms with van der Waals surface area (Å²) in [6.07, 6.45) is 1.50. The van der Waals surface area contributed by atoms with Crippen molar-refractivity contribution in [3.05, 3.63) is 90.1 Å². The lowest BCUT2D eigenvalue weighted by atomic mass is 10.2. The average molecular weight is 389 g/mol. The Morgan fingerprint density at radius 2 is 1.69 bits per heavy atom. The molecule has 4 aromatic rings. The van der Waals surface area contributed by atoms with E-state index in [2.05, 4.69) is 20.8 Å². The van der Waals surface area contributed by atoms with Crippen molar-refractivity contribution in [2.75, 3.05) is 10.6 Å². The van der Waals surface area contributed by atoms with E-state index in [9.17, 15) is 14.0 Å². The third-order valence-electron chi connectivity index (χ3n) is 4.19. The minimum absolute atomic E-state index is 0.0819. The molecule has 0 bridgehead atoms. The van der Waals surface area contributed by atoms with Crippen LogP contribution < -0.4 is 10.6 Å². The Labute approximate surface area is 165 Å². The number of nitrogens with zero attached hydrogens (tertiary/aromatic N) is 3. The molecule has 0 saturated carbocycles. The van der Waals surface area contributed by atoms with Crippen LogP contribution in [0.15, 0.2) is 72.9 Å². The first-order valence-corrected chi connectivity index (χ1v) is 8.84. The monoisotopic (exact) mass is 389 g/mol. The Balaban J connectivity index is 1.52. The number of rotatable bonds is 5. The Morgan fingerprint density at radius 1 is 0.897 bits per heavy atom. The fourth-order valence-electron chi connectivity index (χ4n) is 2.83. The van der Waals surface area contributed by atoms with Crippen molar-refractivity contribution in [3.63, 3.8) is 0 Å². The number of para-hydroxylation sites is 1. The molecule has 0 fully saturated rings. The molecule has 0 radical (unpaired) electrons. The number of hydrogen-bond acceptors (Lipinski definition) is 4. The second-order valence-electron chi connectivity index (χ2n) is 6.32. The van der Waals surface area contributed by atoms with Crippen LogP contribution in [0.1, 0.15) is 16.2 Å². The molecule has 4 rings (SSSR count). The first-order valence-electron chi connectivity index (χ1n) is 8.84. The Bertz CT molecular complexity index is 1190. The number of carbonyl (C=O) groups excluding carboxylic acids is 2. The van der Waals surface area contributed by atoms with Gasteiger partial charge in [0.1, 0.15) is 11.6 Å². The van der Waals surface area contributed by atoms with Gasteiger partial charge in [-0.15, -0.1) is 10.2 Å². The molecule has 0 atom stereocenters. The number of benzene rings is 2. The summed E-state index contributed by atoms with van der Waals surface area (Å²) in [5.41, 5.74) is 1.94. The molecule has 0 aliphatic rings. The van der Waals surface area contributed by atoms with E-state index in [4.69, 9.17) is 0 Å². The standard InChI is InChI=1S/C21H16FN5O2/c22-15-5-4-8-17(11-15)23-20(28)12-19-26-25-18-10-9-14(13-27(18)19)21(29)24-16-6-2-1-3-7-16/h1-11,13H,12H2,(H,23,28)(H,24,29). The van der Waals surface area contributed by atoms with E-state index in [1.54, 1.807) is 40.9 Å². The summed E-state index contributed by atoms with van der Waals surface area (Å²) in [6, 6.07) is 18.0. The van der Waals surface area contributed by atoms with Gasteiger partial charge >= 0.3 is 0 Å². The molecule has 2 amide bonds. The molecule has 144 valence electrons. The summed E-state index contributed by atoms with van der Waals surface area (Å²) in [5, 5.41) is 13.5. The zero-order valence-corrected chi connectivity index (χ0v) is 15.2. The van der Waals surface area contributed by atoms with E-state index in [0.29, 0.717) is 28.4 Å². The number of pyridine rings is 1. The molecule has 8 heteroatoms. The second-order valence-corrected chi connectivity index (χ2v) is 6.32. The quantitative estimate of drug-likeness (QED) is 0.548. The third kappa shape index (κ3) is 4.27. The van der Waals surface area contributed by atoms with E-state index >= 15 is 0 Å². The lowest BCUT2D eigenvalue weighted by molar-refractivity contribution is -0.115. The number of halogens is 1. The normalized spacial score (nSPS) is 10.7. The number of anilines is 2. The van der Waals surface area contributed by atoms with Gasteiger partial charge in [0.2, 0.25) is 5.91 Å². The molecule has 0 unspecified atom stereocenters. The molecule has 29 heavy (non-hydrogen) atoms. The molecule has 2 N–H and O–H groups in total. The minimum atomic E-state index is -0.440. The fourth-order valence-corrected chi connectivity index (χ4v) is 2.83. The Kier molecular flexibility index (Phi) is 4.98. The van der Waals surface area contributed by atoms with Crippen LogP contribution in [0.3, 0.4) is 0 Å². The average Bonchev–Trinajstić information content (AvgIpc) is 3.10. The third-order valence-corrected chi connectivity index (χ3v) is 4.19. The summed E-state index contributed by atoms with van der Waals surface area (Å²) in [4.78, 5) is 24.8. The summed E-state index contributed by atoms with van der Waals surface area (Å²) in [7, 11) is 0. The van der Waals surface area contributed by atoms with Crippen molar-refractivity contribution in [3.8, 4) is 0 Å². The van der Waals surface area contributed by atoms with Gasteiger partial charge in [-0.25, -0.2) is 4.39 Å². The molecule has 0 aliphatic carbocycles. The van der Waals surface area contributed by atoms with Gasteiger partial charge in [0.05, 0.1) is 12.0 Å². The molecule has 2 heterocycles. The van der Waals surface area contributed by atoms with Crippen molar-refractivity contribution in [1.29, 1.82) is 0 Å². The maximum absolute atomic E-state index is 13.3. The highest BCUT2D eigenvalue weighted by atomic mass is 19.1. The highest BCUT2D eigenvalue weighted by Gasteiger charge is 2.14. The van der Waals surface area contributed by atoms with Crippen molar-refractivity contribution in [1.82, 2.24) is 14.6 Å². The van der Waals surface area contributed by atoms with Gasteiger partial charge in [-0.05, 0) is 42.5 Å². The van der Waals surface area contributed by atoms with Crippen LogP contribution in [0, 0.1) is 5.82 Å². The van der Waals surface area contributed by atoms with Crippen molar-refractivity contribution >= 4 is 28.8 Å². The molecule has 0 spiro atoms. The second kappa shape index (κ2) is 7.89. The first-order chi connectivity index (χ1) is 14.1. The summed E-state index contributed by atoms with van der Waals surface area (Å²) in [5.74, 6) is -0.737. The van der Waals surface area contributed by atoms with E-state index in [1.807, 2.05) is 18.2 Å². The van der Waals surface area contributed by atoms with Crippen molar-refractivity contribution in [2.45, 2.75) is 6.42 Å². The zero-order chi connectivity index (χ0) is 20.2.